The second-order valence-electron chi connectivity index (χ2n) is 8.87. The maximum atomic E-state index is 12.9. The molecule has 1 unspecified atom stereocenters. The van der Waals surface area contributed by atoms with Gasteiger partial charge in [0.2, 0.25) is 5.56 Å². The van der Waals surface area contributed by atoms with Crippen LogP contribution in [0, 0.1) is 5.92 Å². The molecule has 0 radical (unpaired) electrons. The number of aromatic amines is 1. The van der Waals surface area contributed by atoms with Crippen LogP contribution >= 0.6 is 23.2 Å². The third-order valence-corrected chi connectivity index (χ3v) is 7.83. The number of nitrogens with one attached hydrogen (secondary N) is 2. The minimum absolute atomic E-state index is 0.00377. The zero-order chi connectivity index (χ0) is 23.6. The van der Waals surface area contributed by atoms with Gasteiger partial charge in [0.25, 0.3) is 5.91 Å². The van der Waals surface area contributed by atoms with Crippen LogP contribution < -0.4 is 10.3 Å². The quantitative estimate of drug-likeness (QED) is 0.577. The van der Waals surface area contributed by atoms with E-state index in [0.717, 1.165) is 0 Å². The third-order valence-electron chi connectivity index (χ3n) is 5.52. The summed E-state index contributed by atoms with van der Waals surface area (Å²) < 4.78 is 15.6. The van der Waals surface area contributed by atoms with Crippen LogP contribution in [0.5, 0.6) is 5.75 Å². The molecule has 1 amide bonds. The number of aromatic nitrogens is 1. The van der Waals surface area contributed by atoms with E-state index < -0.39 is 21.8 Å². The highest BCUT2D eigenvalue weighted by molar-refractivity contribution is 7.84. The summed E-state index contributed by atoms with van der Waals surface area (Å²) in [4.78, 5) is 28.3. The van der Waals surface area contributed by atoms with Gasteiger partial charge in [-0.1, -0.05) is 23.2 Å². The number of amides is 1. The third kappa shape index (κ3) is 5.73. The maximum absolute atomic E-state index is 12.9. The van der Waals surface area contributed by atoms with Gasteiger partial charge in [-0.15, -0.1) is 0 Å². The first-order chi connectivity index (χ1) is 15.0. The molecule has 0 bridgehead atoms. The van der Waals surface area contributed by atoms with Gasteiger partial charge < -0.3 is 15.0 Å². The summed E-state index contributed by atoms with van der Waals surface area (Å²) in [7, 11) is -1.39. The molecule has 2 atom stereocenters. The number of halogens is 2. The Morgan fingerprint density at radius 3 is 2.41 bits per heavy atom. The van der Waals surface area contributed by atoms with Crippen molar-refractivity contribution in [2.24, 2.45) is 5.92 Å². The number of pyridine rings is 1. The number of piperidine rings is 1. The van der Waals surface area contributed by atoms with E-state index in [4.69, 9.17) is 23.2 Å². The first-order valence-electron chi connectivity index (χ1n) is 10.3. The number of aromatic hydroxyl groups is 1. The summed E-state index contributed by atoms with van der Waals surface area (Å²) in [6, 6.07) is 5.40. The Morgan fingerprint density at radius 1 is 1.22 bits per heavy atom. The van der Waals surface area contributed by atoms with Crippen molar-refractivity contribution in [3.63, 3.8) is 0 Å². The lowest BCUT2D eigenvalue weighted by Crippen LogP contribution is -2.44. The zero-order valence-corrected chi connectivity index (χ0v) is 20.5. The summed E-state index contributed by atoms with van der Waals surface area (Å²) in [5, 5.41) is 11.1. The van der Waals surface area contributed by atoms with Crippen molar-refractivity contribution < 1.29 is 14.1 Å². The minimum atomic E-state index is -1.39. The molecular weight excluding hydrogens is 473 g/mol. The predicted octanol–water partition coefficient (Wildman–Crippen LogP) is 4.03. The second-order valence-corrected chi connectivity index (χ2v) is 11.7. The smallest absolute Gasteiger partial charge is 0.255 e. The fourth-order valence-corrected chi connectivity index (χ4v) is 4.90. The van der Waals surface area contributed by atoms with Crippen LogP contribution in [0.25, 0.3) is 0 Å². The molecule has 1 aromatic carbocycles. The second kappa shape index (κ2) is 9.95. The van der Waals surface area contributed by atoms with E-state index in [0.29, 0.717) is 42.1 Å². The molecule has 10 heteroatoms. The van der Waals surface area contributed by atoms with Crippen LogP contribution in [0.4, 0.5) is 0 Å². The molecule has 3 N–H and O–H groups in total. The van der Waals surface area contributed by atoms with Crippen molar-refractivity contribution in [3.8, 4) is 5.75 Å². The molecular formula is C22H27Cl2N3O4S. The maximum Gasteiger partial charge on any atom is 0.255 e. The number of benzene rings is 1. The summed E-state index contributed by atoms with van der Waals surface area (Å²) in [5.41, 5.74) is 0.693. The van der Waals surface area contributed by atoms with Crippen LogP contribution in [0.3, 0.4) is 0 Å². The van der Waals surface area contributed by atoms with Crippen LogP contribution in [0.15, 0.2) is 35.3 Å². The largest absolute Gasteiger partial charge is 0.508 e. The van der Waals surface area contributed by atoms with Gasteiger partial charge in [0.1, 0.15) is 5.75 Å². The number of nitrogens with zero attached hydrogens (tertiary/aromatic N) is 1. The van der Waals surface area contributed by atoms with Crippen molar-refractivity contribution in [1.29, 1.82) is 0 Å². The Labute approximate surface area is 199 Å². The molecule has 174 valence electrons. The average Bonchev–Trinajstić information content (AvgIpc) is 2.74. The molecule has 1 saturated heterocycles. The van der Waals surface area contributed by atoms with E-state index in [2.05, 4.69) is 9.71 Å². The van der Waals surface area contributed by atoms with Gasteiger partial charge in [0.15, 0.2) is 0 Å². The number of hydrogen-bond donors (Lipinski definition) is 3. The highest BCUT2D eigenvalue weighted by Gasteiger charge is 2.34. The van der Waals surface area contributed by atoms with E-state index >= 15 is 0 Å². The van der Waals surface area contributed by atoms with E-state index in [-0.39, 0.29) is 28.2 Å². The Balaban J connectivity index is 1.81. The first kappa shape index (κ1) is 24.8. The number of carbonyl (C=O) groups excluding carboxylic acids is 1. The number of phenols is 1. The average molecular weight is 500 g/mol. The van der Waals surface area contributed by atoms with Gasteiger partial charge in [0, 0.05) is 37.0 Å². The zero-order valence-electron chi connectivity index (χ0n) is 18.2. The van der Waals surface area contributed by atoms with E-state index in [1.165, 1.54) is 24.4 Å². The van der Waals surface area contributed by atoms with Crippen LogP contribution in [0.2, 0.25) is 10.0 Å². The number of H-pyrrole nitrogens is 1. The Hall–Kier alpha value is -1.87. The van der Waals surface area contributed by atoms with Gasteiger partial charge >= 0.3 is 0 Å². The lowest BCUT2D eigenvalue weighted by molar-refractivity contribution is 0.0674. The van der Waals surface area contributed by atoms with Crippen molar-refractivity contribution in [2.45, 2.75) is 44.4 Å². The van der Waals surface area contributed by atoms with E-state index in [1.54, 1.807) is 11.0 Å². The number of hydrogen-bond acceptors (Lipinski definition) is 4. The molecule has 0 saturated carbocycles. The lowest BCUT2D eigenvalue weighted by Gasteiger charge is -2.37. The molecule has 1 aromatic heterocycles. The fourth-order valence-electron chi connectivity index (χ4n) is 3.67. The summed E-state index contributed by atoms with van der Waals surface area (Å²) in [5.74, 6) is -0.168. The lowest BCUT2D eigenvalue weighted by atomic mass is 9.85. The van der Waals surface area contributed by atoms with Crippen molar-refractivity contribution in [3.05, 3.63) is 62.0 Å². The Morgan fingerprint density at radius 2 is 1.84 bits per heavy atom. The fraction of sp³-hybridized carbons (Fsp3) is 0.455. The number of likely N-dealkylation sites (tertiary alicyclic amines) is 1. The van der Waals surface area contributed by atoms with Gasteiger partial charge in [-0.05, 0) is 51.7 Å². The van der Waals surface area contributed by atoms with Gasteiger partial charge in [0.05, 0.1) is 37.4 Å². The van der Waals surface area contributed by atoms with Gasteiger partial charge in [-0.3, -0.25) is 9.59 Å². The van der Waals surface area contributed by atoms with Gasteiger partial charge in [-0.25, -0.2) is 8.93 Å². The molecule has 1 aliphatic heterocycles. The van der Waals surface area contributed by atoms with Gasteiger partial charge in [-0.2, -0.15) is 0 Å². The van der Waals surface area contributed by atoms with E-state index in [1.807, 2.05) is 20.8 Å². The molecule has 2 aromatic rings. The molecule has 0 aliphatic carbocycles. The van der Waals surface area contributed by atoms with Crippen LogP contribution in [-0.2, 0) is 11.0 Å². The molecule has 1 aliphatic rings. The summed E-state index contributed by atoms with van der Waals surface area (Å²) in [6.45, 7) is 6.59. The Kier molecular flexibility index (Phi) is 7.70. The minimum Gasteiger partial charge on any atom is -0.508 e. The number of carbonyl (C=O) groups is 1. The number of rotatable bonds is 5. The standard InChI is InChI=1S/C22H27Cl2N3O4S/c1-22(2,3)32(31)26-20(15-10-16(23)17(24)11-18(15)28)13-6-8-27(9-7-13)21(30)14-4-5-19(29)25-12-14/h4-5,10-13,20,26,28H,6-9H2,1-3H3,(H,25,29)/t20-,32?/m1/s1. The first-order valence-corrected chi connectivity index (χ1v) is 12.2. The Bertz CT molecular complexity index is 1060. The molecule has 32 heavy (non-hydrogen) atoms. The normalized spacial score (nSPS) is 17.2. The van der Waals surface area contributed by atoms with Crippen molar-refractivity contribution >= 4 is 40.1 Å². The molecule has 2 heterocycles. The molecule has 7 nitrogen and oxygen atoms in total. The SMILES string of the molecule is CC(C)(C)S(=O)N[C@@H](c1cc(Cl)c(Cl)cc1O)C1CCN(C(=O)c2ccc(=O)[nH]c2)CC1. The summed E-state index contributed by atoms with van der Waals surface area (Å²) in [6.07, 6.45) is 2.68. The molecule has 3 rings (SSSR count). The topological polar surface area (TPSA) is 102 Å². The summed E-state index contributed by atoms with van der Waals surface area (Å²) >= 11 is 12.3. The van der Waals surface area contributed by atoms with E-state index in [9.17, 15) is 18.9 Å². The molecule has 0 spiro atoms. The van der Waals surface area contributed by atoms with Crippen molar-refractivity contribution in [1.82, 2.24) is 14.6 Å². The monoisotopic (exact) mass is 499 g/mol. The molecule has 1 fully saturated rings. The highest BCUT2D eigenvalue weighted by Crippen LogP contribution is 2.40. The van der Waals surface area contributed by atoms with Crippen LogP contribution in [-0.4, -0.2) is 42.9 Å². The number of phenolic OH excluding ortho intramolecular Hbond substituents is 1. The van der Waals surface area contributed by atoms with Crippen molar-refractivity contribution in [2.75, 3.05) is 13.1 Å². The van der Waals surface area contributed by atoms with Crippen LogP contribution in [0.1, 0.15) is 55.6 Å². The highest BCUT2D eigenvalue weighted by atomic mass is 35.5. The predicted molar refractivity (Wildman–Crippen MR) is 128 cm³/mol.